The molecule has 1 unspecified atom stereocenters. The van der Waals surface area contributed by atoms with E-state index in [9.17, 15) is 18.7 Å². The molecule has 0 bridgehead atoms. The molecule has 0 radical (unpaired) electrons. The maximum Gasteiger partial charge on any atom is 0.244 e. The third-order valence-corrected chi connectivity index (χ3v) is 3.81. The Labute approximate surface area is 138 Å². The lowest BCUT2D eigenvalue weighted by Crippen LogP contribution is -2.38. The monoisotopic (exact) mass is 335 g/mol. The molecule has 1 aromatic carbocycles. The molecule has 0 aliphatic rings. The quantitative estimate of drug-likeness (QED) is 0.822. The van der Waals surface area contributed by atoms with Gasteiger partial charge in [0.1, 0.15) is 17.2 Å². The van der Waals surface area contributed by atoms with Gasteiger partial charge in [0.05, 0.1) is 12.7 Å². The van der Waals surface area contributed by atoms with Gasteiger partial charge in [-0.2, -0.15) is 5.10 Å². The van der Waals surface area contributed by atoms with Gasteiger partial charge in [0.2, 0.25) is 5.91 Å². The number of nitrogens with zero attached hydrogens (tertiary/aromatic N) is 2. The van der Waals surface area contributed by atoms with Crippen molar-refractivity contribution in [2.75, 3.05) is 6.54 Å². The number of aliphatic hydroxyl groups is 1. The van der Waals surface area contributed by atoms with E-state index in [-0.39, 0.29) is 12.1 Å². The van der Waals surface area contributed by atoms with Crippen molar-refractivity contribution in [2.24, 2.45) is 7.05 Å². The molecular formula is C17H19F2N3O2. The number of aromatic nitrogens is 2. The molecule has 0 fully saturated rings. The van der Waals surface area contributed by atoms with E-state index in [1.54, 1.807) is 24.0 Å². The number of halogens is 2. The Balaban J connectivity index is 2.01. The summed E-state index contributed by atoms with van der Waals surface area (Å²) in [5.41, 5.74) is -0.0504. The van der Waals surface area contributed by atoms with Gasteiger partial charge in [0.25, 0.3) is 0 Å². The number of rotatable bonds is 5. The zero-order valence-electron chi connectivity index (χ0n) is 13.7. The molecular weight excluding hydrogens is 316 g/mol. The number of aryl methyl sites for hydroxylation is 1. The fraction of sp³-hybridized carbons (Fsp3) is 0.294. The minimum atomic E-state index is -1.66. The molecule has 2 N–H and O–H groups in total. The predicted octanol–water partition coefficient (Wildman–Crippen LogP) is 2.04. The summed E-state index contributed by atoms with van der Waals surface area (Å²) >= 11 is 0. The summed E-state index contributed by atoms with van der Waals surface area (Å²) in [6, 6.07) is 2.90. The molecule has 0 aliphatic heterocycles. The summed E-state index contributed by atoms with van der Waals surface area (Å²) in [6.45, 7) is 3.00. The smallest absolute Gasteiger partial charge is 0.244 e. The van der Waals surface area contributed by atoms with Crippen LogP contribution in [0.1, 0.15) is 23.7 Å². The SMILES string of the molecule is Cc1c(/C=C/C(=O)NCC(C)(O)c2ccc(F)cc2F)cnn1C. The van der Waals surface area contributed by atoms with E-state index >= 15 is 0 Å². The second kappa shape index (κ2) is 6.92. The van der Waals surface area contributed by atoms with Gasteiger partial charge < -0.3 is 10.4 Å². The van der Waals surface area contributed by atoms with Crippen LogP contribution in [0.2, 0.25) is 0 Å². The van der Waals surface area contributed by atoms with Gasteiger partial charge in [-0.15, -0.1) is 0 Å². The third kappa shape index (κ3) is 4.05. The molecule has 0 aliphatic carbocycles. The Hall–Kier alpha value is -2.54. The zero-order valence-corrected chi connectivity index (χ0v) is 13.7. The molecule has 7 heteroatoms. The second-order valence-corrected chi connectivity index (χ2v) is 5.76. The third-order valence-electron chi connectivity index (χ3n) is 3.81. The Morgan fingerprint density at radius 2 is 2.17 bits per heavy atom. The molecule has 5 nitrogen and oxygen atoms in total. The van der Waals surface area contributed by atoms with Crippen LogP contribution in [-0.2, 0) is 17.4 Å². The molecule has 0 saturated carbocycles. The number of carbonyl (C=O) groups is 1. The van der Waals surface area contributed by atoms with Crippen molar-refractivity contribution in [1.29, 1.82) is 0 Å². The first-order valence-corrected chi connectivity index (χ1v) is 7.33. The summed E-state index contributed by atoms with van der Waals surface area (Å²) in [5.74, 6) is -2.04. The first kappa shape index (κ1) is 17.8. The number of amides is 1. The molecule has 128 valence electrons. The van der Waals surface area contributed by atoms with Crippen LogP contribution in [0.5, 0.6) is 0 Å². The lowest BCUT2D eigenvalue weighted by atomic mass is 9.95. The Morgan fingerprint density at radius 3 is 2.75 bits per heavy atom. The summed E-state index contributed by atoms with van der Waals surface area (Å²) in [6.07, 6.45) is 4.54. The maximum atomic E-state index is 13.8. The van der Waals surface area contributed by atoms with Crippen LogP contribution in [0.15, 0.2) is 30.5 Å². The molecule has 24 heavy (non-hydrogen) atoms. The van der Waals surface area contributed by atoms with E-state index in [1.807, 2.05) is 6.92 Å². The highest BCUT2D eigenvalue weighted by molar-refractivity contribution is 5.91. The van der Waals surface area contributed by atoms with Gasteiger partial charge >= 0.3 is 0 Å². The molecule has 1 heterocycles. The number of benzene rings is 1. The highest BCUT2D eigenvalue weighted by atomic mass is 19.1. The number of nitrogens with one attached hydrogen (secondary N) is 1. The van der Waals surface area contributed by atoms with E-state index in [0.717, 1.165) is 23.4 Å². The average molecular weight is 335 g/mol. The largest absolute Gasteiger partial charge is 0.383 e. The van der Waals surface area contributed by atoms with E-state index in [2.05, 4.69) is 10.4 Å². The van der Waals surface area contributed by atoms with Crippen LogP contribution in [0, 0.1) is 18.6 Å². The standard InChI is InChI=1S/C17H19F2N3O2/c1-11-12(9-21-22(11)3)4-7-16(23)20-10-17(2,24)14-6-5-13(18)8-15(14)19/h4-9,24H,10H2,1-3H3,(H,20,23)/b7-4+. The van der Waals surface area contributed by atoms with Crippen molar-refractivity contribution in [3.63, 3.8) is 0 Å². The van der Waals surface area contributed by atoms with Gasteiger partial charge in [-0.3, -0.25) is 9.48 Å². The van der Waals surface area contributed by atoms with Crippen molar-refractivity contribution in [3.05, 3.63) is 58.9 Å². The zero-order chi connectivity index (χ0) is 17.9. The lowest BCUT2D eigenvalue weighted by molar-refractivity contribution is -0.117. The summed E-state index contributed by atoms with van der Waals surface area (Å²) in [7, 11) is 1.79. The Morgan fingerprint density at radius 1 is 1.46 bits per heavy atom. The molecule has 1 amide bonds. The van der Waals surface area contributed by atoms with Gasteiger partial charge in [0.15, 0.2) is 0 Å². The molecule has 1 atom stereocenters. The van der Waals surface area contributed by atoms with Crippen LogP contribution >= 0.6 is 0 Å². The van der Waals surface area contributed by atoms with Crippen molar-refractivity contribution >= 4 is 12.0 Å². The van der Waals surface area contributed by atoms with E-state index in [4.69, 9.17) is 0 Å². The Kier molecular flexibility index (Phi) is 5.14. The Bertz CT molecular complexity index is 782. The second-order valence-electron chi connectivity index (χ2n) is 5.76. The summed E-state index contributed by atoms with van der Waals surface area (Å²) < 4.78 is 28.4. The number of hydrogen-bond donors (Lipinski definition) is 2. The van der Waals surface area contributed by atoms with Gasteiger partial charge in [-0.25, -0.2) is 8.78 Å². The molecule has 0 saturated heterocycles. The summed E-state index contributed by atoms with van der Waals surface area (Å²) in [5, 5.41) is 16.9. The van der Waals surface area contributed by atoms with Gasteiger partial charge in [-0.05, 0) is 26.0 Å². The normalized spacial score (nSPS) is 13.9. The number of carbonyl (C=O) groups excluding carboxylic acids is 1. The minimum Gasteiger partial charge on any atom is -0.383 e. The first-order valence-electron chi connectivity index (χ1n) is 7.33. The van der Waals surface area contributed by atoms with Crippen molar-refractivity contribution < 1.29 is 18.7 Å². The van der Waals surface area contributed by atoms with E-state index in [1.165, 1.54) is 13.0 Å². The van der Waals surface area contributed by atoms with Crippen molar-refractivity contribution in [3.8, 4) is 0 Å². The highest BCUT2D eigenvalue weighted by Gasteiger charge is 2.27. The van der Waals surface area contributed by atoms with Gasteiger partial charge in [0, 0.05) is 36.0 Å². The van der Waals surface area contributed by atoms with E-state index < -0.39 is 23.1 Å². The minimum absolute atomic E-state index is 0.0868. The molecule has 2 rings (SSSR count). The molecule has 1 aromatic heterocycles. The lowest BCUT2D eigenvalue weighted by Gasteiger charge is -2.24. The van der Waals surface area contributed by atoms with Crippen LogP contribution in [0.3, 0.4) is 0 Å². The van der Waals surface area contributed by atoms with Gasteiger partial charge in [-0.1, -0.05) is 6.07 Å². The van der Waals surface area contributed by atoms with Crippen LogP contribution < -0.4 is 5.32 Å². The molecule has 2 aromatic rings. The predicted molar refractivity (Wildman–Crippen MR) is 85.9 cm³/mol. The topological polar surface area (TPSA) is 67.2 Å². The maximum absolute atomic E-state index is 13.8. The van der Waals surface area contributed by atoms with Crippen molar-refractivity contribution in [2.45, 2.75) is 19.4 Å². The van der Waals surface area contributed by atoms with Crippen molar-refractivity contribution in [1.82, 2.24) is 15.1 Å². The fourth-order valence-electron chi connectivity index (χ4n) is 2.18. The fourth-order valence-corrected chi connectivity index (χ4v) is 2.18. The number of hydrogen-bond acceptors (Lipinski definition) is 3. The van der Waals surface area contributed by atoms with Crippen LogP contribution in [0.25, 0.3) is 6.08 Å². The van der Waals surface area contributed by atoms with Crippen LogP contribution in [0.4, 0.5) is 8.78 Å². The molecule has 0 spiro atoms. The highest BCUT2D eigenvalue weighted by Crippen LogP contribution is 2.23. The van der Waals surface area contributed by atoms with Crippen LogP contribution in [-0.4, -0.2) is 27.3 Å². The average Bonchev–Trinajstić information content (AvgIpc) is 2.82. The first-order chi connectivity index (χ1) is 11.2. The summed E-state index contributed by atoms with van der Waals surface area (Å²) in [4.78, 5) is 11.9. The van der Waals surface area contributed by atoms with E-state index in [0.29, 0.717) is 6.07 Å².